The zero-order valence-corrected chi connectivity index (χ0v) is 18.5. The topological polar surface area (TPSA) is 75.7 Å². The number of nitrogens with one attached hydrogen (secondary N) is 1. The predicted octanol–water partition coefficient (Wildman–Crippen LogP) is 3.32. The monoisotopic (exact) mass is 418 g/mol. The maximum Gasteiger partial charge on any atom is 0.240 e. The molecule has 2 aromatic carbocycles. The summed E-state index contributed by atoms with van der Waals surface area (Å²) in [6.07, 6.45) is 0.0892. The summed E-state index contributed by atoms with van der Waals surface area (Å²) in [6, 6.07) is 14.3. The second kappa shape index (κ2) is 9.41. The van der Waals surface area contributed by atoms with E-state index in [1.807, 2.05) is 36.4 Å². The largest absolute Gasteiger partial charge is 0.497 e. The van der Waals surface area contributed by atoms with Crippen LogP contribution < -0.4 is 9.46 Å². The summed E-state index contributed by atoms with van der Waals surface area (Å²) in [5, 5.41) is 0. The Hall–Kier alpha value is -2.38. The second-order valence-corrected chi connectivity index (χ2v) is 9.79. The highest BCUT2D eigenvalue weighted by atomic mass is 32.2. The molecule has 0 atom stereocenters. The molecular weight excluding hydrogens is 388 g/mol. The van der Waals surface area contributed by atoms with Gasteiger partial charge in [-0.25, -0.2) is 13.1 Å². The molecule has 0 heterocycles. The average molecular weight is 419 g/mol. The van der Waals surface area contributed by atoms with Crippen LogP contribution in [0.2, 0.25) is 0 Å². The van der Waals surface area contributed by atoms with Gasteiger partial charge in [-0.3, -0.25) is 4.79 Å². The van der Waals surface area contributed by atoms with Gasteiger partial charge in [0.2, 0.25) is 15.9 Å². The van der Waals surface area contributed by atoms with Gasteiger partial charge in [0.1, 0.15) is 5.75 Å². The van der Waals surface area contributed by atoms with Crippen molar-refractivity contribution in [2.24, 2.45) is 0 Å². The van der Waals surface area contributed by atoms with Crippen molar-refractivity contribution in [3.8, 4) is 5.75 Å². The van der Waals surface area contributed by atoms with Crippen LogP contribution in [0.1, 0.15) is 38.3 Å². The fourth-order valence-electron chi connectivity index (χ4n) is 2.79. The Morgan fingerprint density at radius 1 is 1.03 bits per heavy atom. The SMILES string of the molecule is COc1ccc(CN(C)C(=O)CCNS(=O)(=O)c2ccc(C(C)(C)C)cc2)cc1. The average Bonchev–Trinajstić information content (AvgIpc) is 2.67. The number of amides is 1. The van der Waals surface area contributed by atoms with E-state index in [-0.39, 0.29) is 29.2 Å². The molecule has 0 saturated carbocycles. The van der Waals surface area contributed by atoms with Crippen LogP contribution in [0.15, 0.2) is 53.4 Å². The van der Waals surface area contributed by atoms with Crippen LogP contribution in [0.3, 0.4) is 0 Å². The van der Waals surface area contributed by atoms with E-state index in [0.29, 0.717) is 6.54 Å². The number of ether oxygens (including phenoxy) is 1. The summed E-state index contributed by atoms with van der Waals surface area (Å²) in [5.74, 6) is 0.624. The molecule has 1 amide bonds. The van der Waals surface area contributed by atoms with Crippen LogP contribution in [0.5, 0.6) is 5.75 Å². The lowest BCUT2D eigenvalue weighted by atomic mass is 9.87. The molecule has 2 rings (SSSR count). The molecule has 0 spiro atoms. The molecule has 0 aromatic heterocycles. The van der Waals surface area contributed by atoms with E-state index in [1.165, 1.54) is 0 Å². The number of hydrogen-bond acceptors (Lipinski definition) is 4. The minimum Gasteiger partial charge on any atom is -0.497 e. The van der Waals surface area contributed by atoms with Crippen molar-refractivity contribution in [1.29, 1.82) is 0 Å². The van der Waals surface area contributed by atoms with Crippen LogP contribution in [0.4, 0.5) is 0 Å². The van der Waals surface area contributed by atoms with Gasteiger partial charge in [0, 0.05) is 26.6 Å². The first kappa shape index (κ1) is 22.9. The quantitative estimate of drug-likeness (QED) is 0.714. The molecule has 0 bridgehead atoms. The highest BCUT2D eigenvalue weighted by Gasteiger charge is 2.18. The first-order valence-electron chi connectivity index (χ1n) is 9.50. The van der Waals surface area contributed by atoms with Crippen LogP contribution >= 0.6 is 0 Å². The summed E-state index contributed by atoms with van der Waals surface area (Å²) in [5.41, 5.74) is 1.99. The lowest BCUT2D eigenvalue weighted by Gasteiger charge is -2.19. The lowest BCUT2D eigenvalue weighted by molar-refractivity contribution is -0.130. The highest BCUT2D eigenvalue weighted by molar-refractivity contribution is 7.89. The van der Waals surface area contributed by atoms with Gasteiger partial charge in [0.25, 0.3) is 0 Å². The van der Waals surface area contributed by atoms with Gasteiger partial charge in [0.05, 0.1) is 12.0 Å². The van der Waals surface area contributed by atoms with Crippen molar-refractivity contribution in [2.75, 3.05) is 20.7 Å². The van der Waals surface area contributed by atoms with Gasteiger partial charge in [-0.1, -0.05) is 45.0 Å². The molecule has 0 fully saturated rings. The standard InChI is InChI=1S/C22H30N2O4S/c1-22(2,3)18-8-12-20(13-9-18)29(26,27)23-15-14-21(25)24(4)16-17-6-10-19(28-5)11-7-17/h6-13,23H,14-16H2,1-5H3. The number of benzene rings is 2. The molecule has 0 radical (unpaired) electrons. The minimum absolute atomic E-state index is 0.0450. The molecule has 29 heavy (non-hydrogen) atoms. The van der Waals surface area contributed by atoms with E-state index in [9.17, 15) is 13.2 Å². The number of hydrogen-bond donors (Lipinski definition) is 1. The Balaban J connectivity index is 1.87. The number of methoxy groups -OCH3 is 1. The summed E-state index contributed by atoms with van der Waals surface area (Å²) in [4.78, 5) is 14.1. The molecule has 0 unspecified atom stereocenters. The smallest absolute Gasteiger partial charge is 0.240 e. The Kier molecular flexibility index (Phi) is 7.43. The molecule has 2 aromatic rings. The number of nitrogens with zero attached hydrogens (tertiary/aromatic N) is 1. The zero-order chi connectivity index (χ0) is 21.7. The number of carbonyl (C=O) groups excluding carboxylic acids is 1. The summed E-state index contributed by atoms with van der Waals surface area (Å²) < 4.78 is 32.5. The van der Waals surface area contributed by atoms with Crippen molar-refractivity contribution < 1.29 is 17.9 Å². The minimum atomic E-state index is -3.65. The molecule has 0 aliphatic carbocycles. The first-order chi connectivity index (χ1) is 13.5. The first-order valence-corrected chi connectivity index (χ1v) is 11.0. The van der Waals surface area contributed by atoms with Gasteiger partial charge >= 0.3 is 0 Å². The molecule has 0 aliphatic heterocycles. The third-order valence-corrected chi connectivity index (χ3v) is 6.14. The molecule has 7 heteroatoms. The molecule has 158 valence electrons. The van der Waals surface area contributed by atoms with Gasteiger partial charge in [-0.05, 0) is 40.8 Å². The summed E-state index contributed by atoms with van der Waals surface area (Å²) >= 11 is 0. The molecule has 0 saturated heterocycles. The Bertz CT molecular complexity index is 915. The van der Waals surface area contributed by atoms with Crippen molar-refractivity contribution in [3.63, 3.8) is 0 Å². The Labute approximate surface area is 173 Å². The highest BCUT2D eigenvalue weighted by Crippen LogP contribution is 2.23. The van der Waals surface area contributed by atoms with Crippen LogP contribution in [0, 0.1) is 0 Å². The van der Waals surface area contributed by atoms with Crippen molar-refractivity contribution in [1.82, 2.24) is 9.62 Å². The van der Waals surface area contributed by atoms with Crippen molar-refractivity contribution in [2.45, 2.75) is 44.0 Å². The second-order valence-electron chi connectivity index (χ2n) is 8.02. The summed E-state index contributed by atoms with van der Waals surface area (Å²) in [6.45, 7) is 6.72. The number of rotatable bonds is 8. The van der Waals surface area contributed by atoms with E-state index in [4.69, 9.17) is 4.74 Å². The van der Waals surface area contributed by atoms with Crippen molar-refractivity contribution in [3.05, 3.63) is 59.7 Å². The molecule has 0 aliphatic rings. The maximum atomic E-state index is 12.4. The maximum absolute atomic E-state index is 12.4. The van der Waals surface area contributed by atoms with Crippen LogP contribution in [-0.2, 0) is 26.8 Å². The van der Waals surface area contributed by atoms with Gasteiger partial charge < -0.3 is 9.64 Å². The molecule has 6 nitrogen and oxygen atoms in total. The van der Waals surface area contributed by atoms with Crippen LogP contribution in [0.25, 0.3) is 0 Å². The Morgan fingerprint density at radius 3 is 2.14 bits per heavy atom. The number of sulfonamides is 1. The molecule has 1 N–H and O–H groups in total. The third kappa shape index (κ3) is 6.58. The van der Waals surface area contributed by atoms with Gasteiger partial charge in [-0.15, -0.1) is 0 Å². The van der Waals surface area contributed by atoms with E-state index in [1.54, 1.807) is 31.2 Å². The van der Waals surface area contributed by atoms with E-state index >= 15 is 0 Å². The van der Waals surface area contributed by atoms with Crippen LogP contribution in [-0.4, -0.2) is 39.9 Å². The van der Waals surface area contributed by atoms with E-state index < -0.39 is 10.0 Å². The van der Waals surface area contributed by atoms with Gasteiger partial charge in [-0.2, -0.15) is 0 Å². The predicted molar refractivity (Wildman–Crippen MR) is 114 cm³/mol. The van der Waals surface area contributed by atoms with E-state index in [0.717, 1.165) is 16.9 Å². The fourth-order valence-corrected chi connectivity index (χ4v) is 3.83. The normalized spacial score (nSPS) is 11.9. The summed E-state index contributed by atoms with van der Waals surface area (Å²) in [7, 11) is -0.343. The zero-order valence-electron chi connectivity index (χ0n) is 17.7. The third-order valence-electron chi connectivity index (χ3n) is 4.67. The van der Waals surface area contributed by atoms with E-state index in [2.05, 4.69) is 25.5 Å². The number of carbonyl (C=O) groups is 1. The lowest BCUT2D eigenvalue weighted by Crippen LogP contribution is -2.32. The Morgan fingerprint density at radius 2 is 1.62 bits per heavy atom. The fraction of sp³-hybridized carbons (Fsp3) is 0.409. The van der Waals surface area contributed by atoms with Gasteiger partial charge in [0.15, 0.2) is 0 Å². The van der Waals surface area contributed by atoms with Crippen molar-refractivity contribution >= 4 is 15.9 Å². The molecular formula is C22H30N2O4S.